The Hall–Kier alpha value is -2.44. The molecule has 7 heteroatoms. The second-order valence-corrected chi connectivity index (χ2v) is 3.92. The summed E-state index contributed by atoms with van der Waals surface area (Å²) in [4.78, 5) is 40.0. The van der Waals surface area contributed by atoms with Crippen molar-refractivity contribution in [3.8, 4) is 0 Å². The lowest BCUT2D eigenvalue weighted by atomic mass is 10.2. The lowest BCUT2D eigenvalue weighted by Gasteiger charge is -2.19. The van der Waals surface area contributed by atoms with Crippen LogP contribution in [0.5, 0.6) is 0 Å². The van der Waals surface area contributed by atoms with Gasteiger partial charge in [0.1, 0.15) is 5.69 Å². The minimum absolute atomic E-state index is 0.0232. The number of likely N-dealkylation sites (N-methyl/N-ethyl adjacent to an activating group) is 2. The first kappa shape index (κ1) is 15.6. The molecule has 108 valence electrons. The molecule has 20 heavy (non-hydrogen) atoms. The number of nitrogens with one attached hydrogen (secondary N) is 1. The third kappa shape index (κ3) is 3.78. The SMILES string of the molecule is CCN(CC(=O)NC)C(=O)c1ccc(C(=O)OC)nc1. The molecule has 0 unspecified atom stereocenters. The molecule has 0 fully saturated rings. The number of carbonyl (C=O) groups is 3. The van der Waals surface area contributed by atoms with Crippen LogP contribution in [-0.2, 0) is 9.53 Å². The second-order valence-electron chi connectivity index (χ2n) is 3.92. The summed E-state index contributed by atoms with van der Waals surface area (Å²) in [7, 11) is 2.76. The molecule has 1 rings (SSSR count). The summed E-state index contributed by atoms with van der Waals surface area (Å²) < 4.78 is 4.52. The number of hydrogen-bond donors (Lipinski definition) is 1. The molecule has 0 aliphatic rings. The molecule has 1 N–H and O–H groups in total. The maximum atomic E-state index is 12.2. The molecule has 0 aromatic carbocycles. The number of pyridine rings is 1. The Bertz CT molecular complexity index is 499. The van der Waals surface area contributed by atoms with Crippen LogP contribution in [0.4, 0.5) is 0 Å². The molecule has 1 aromatic heterocycles. The summed E-state index contributed by atoms with van der Waals surface area (Å²) in [5.41, 5.74) is 0.432. The van der Waals surface area contributed by atoms with Crippen LogP contribution in [0.2, 0.25) is 0 Å². The van der Waals surface area contributed by atoms with E-state index in [1.54, 1.807) is 6.92 Å². The number of aromatic nitrogens is 1. The van der Waals surface area contributed by atoms with Gasteiger partial charge in [0.2, 0.25) is 5.91 Å². The number of amides is 2. The molecule has 1 heterocycles. The Morgan fingerprint density at radius 2 is 2.05 bits per heavy atom. The zero-order chi connectivity index (χ0) is 15.1. The highest BCUT2D eigenvalue weighted by Crippen LogP contribution is 2.06. The van der Waals surface area contributed by atoms with Gasteiger partial charge in [0.25, 0.3) is 5.91 Å². The van der Waals surface area contributed by atoms with Gasteiger partial charge in [0.15, 0.2) is 0 Å². The normalized spacial score (nSPS) is 9.75. The largest absolute Gasteiger partial charge is 0.464 e. The molecular formula is C13H17N3O4. The van der Waals surface area contributed by atoms with Crippen LogP contribution in [0.3, 0.4) is 0 Å². The lowest BCUT2D eigenvalue weighted by molar-refractivity contribution is -0.121. The van der Waals surface area contributed by atoms with E-state index in [0.29, 0.717) is 12.1 Å². The quantitative estimate of drug-likeness (QED) is 0.771. The minimum Gasteiger partial charge on any atom is -0.464 e. The van der Waals surface area contributed by atoms with Gasteiger partial charge in [-0.1, -0.05) is 0 Å². The first-order valence-corrected chi connectivity index (χ1v) is 6.07. The fraction of sp³-hybridized carbons (Fsp3) is 0.385. The minimum atomic E-state index is -0.568. The number of hydrogen-bond acceptors (Lipinski definition) is 5. The number of ether oxygens (including phenoxy) is 1. The van der Waals surface area contributed by atoms with Crippen LogP contribution < -0.4 is 5.32 Å². The zero-order valence-corrected chi connectivity index (χ0v) is 11.7. The Balaban J connectivity index is 2.85. The number of carbonyl (C=O) groups excluding carboxylic acids is 3. The van der Waals surface area contributed by atoms with E-state index >= 15 is 0 Å². The molecule has 0 saturated heterocycles. The van der Waals surface area contributed by atoms with E-state index < -0.39 is 5.97 Å². The molecule has 0 aliphatic heterocycles. The standard InChI is InChI=1S/C13H17N3O4/c1-4-16(8-11(17)14-2)12(18)9-5-6-10(15-7-9)13(19)20-3/h5-7H,4,8H2,1-3H3,(H,14,17). The van der Waals surface area contributed by atoms with Crippen molar-refractivity contribution < 1.29 is 19.1 Å². The van der Waals surface area contributed by atoms with E-state index in [0.717, 1.165) is 0 Å². The summed E-state index contributed by atoms with van der Waals surface area (Å²) in [6, 6.07) is 2.89. The number of rotatable bonds is 5. The fourth-order valence-electron chi connectivity index (χ4n) is 1.51. The summed E-state index contributed by atoms with van der Waals surface area (Å²) >= 11 is 0. The fourth-order valence-corrected chi connectivity index (χ4v) is 1.51. The maximum absolute atomic E-state index is 12.2. The molecule has 0 saturated carbocycles. The Morgan fingerprint density at radius 1 is 1.35 bits per heavy atom. The first-order chi connectivity index (χ1) is 9.53. The van der Waals surface area contributed by atoms with Crippen molar-refractivity contribution >= 4 is 17.8 Å². The van der Waals surface area contributed by atoms with Crippen LogP contribution >= 0.6 is 0 Å². The Kier molecular flexibility index (Phi) is 5.64. The maximum Gasteiger partial charge on any atom is 0.356 e. The summed E-state index contributed by atoms with van der Waals surface area (Å²) in [6.45, 7) is 2.15. The highest BCUT2D eigenvalue weighted by molar-refractivity contribution is 5.97. The van der Waals surface area contributed by atoms with Crippen LogP contribution in [-0.4, -0.2) is 54.9 Å². The van der Waals surface area contributed by atoms with Gasteiger partial charge >= 0.3 is 5.97 Å². The zero-order valence-electron chi connectivity index (χ0n) is 11.7. The van der Waals surface area contributed by atoms with E-state index in [1.807, 2.05) is 0 Å². The van der Waals surface area contributed by atoms with Crippen molar-refractivity contribution in [3.63, 3.8) is 0 Å². The van der Waals surface area contributed by atoms with Crippen LogP contribution in [0.25, 0.3) is 0 Å². The Morgan fingerprint density at radius 3 is 2.50 bits per heavy atom. The summed E-state index contributed by atoms with van der Waals surface area (Å²) in [5, 5.41) is 2.46. The highest BCUT2D eigenvalue weighted by Gasteiger charge is 2.17. The van der Waals surface area contributed by atoms with Gasteiger partial charge in [-0.05, 0) is 19.1 Å². The van der Waals surface area contributed by atoms with Gasteiger partial charge < -0.3 is 15.0 Å². The predicted octanol–water partition coefficient (Wildman–Crippen LogP) is 0.0763. The van der Waals surface area contributed by atoms with Gasteiger partial charge in [-0.15, -0.1) is 0 Å². The van der Waals surface area contributed by atoms with Crippen LogP contribution in [0, 0.1) is 0 Å². The molecule has 0 atom stereocenters. The molecular weight excluding hydrogens is 262 g/mol. The lowest BCUT2D eigenvalue weighted by Crippen LogP contribution is -2.39. The number of nitrogens with zero attached hydrogens (tertiary/aromatic N) is 2. The average molecular weight is 279 g/mol. The topological polar surface area (TPSA) is 88.6 Å². The molecule has 0 radical (unpaired) electrons. The first-order valence-electron chi connectivity index (χ1n) is 6.07. The summed E-state index contributed by atoms with van der Waals surface area (Å²) in [5.74, 6) is -1.14. The molecule has 2 amide bonds. The second kappa shape index (κ2) is 7.22. The monoisotopic (exact) mass is 279 g/mol. The third-order valence-electron chi connectivity index (χ3n) is 2.69. The van der Waals surface area contributed by atoms with E-state index in [4.69, 9.17) is 0 Å². The average Bonchev–Trinajstić information content (AvgIpc) is 2.50. The highest BCUT2D eigenvalue weighted by atomic mass is 16.5. The predicted molar refractivity (Wildman–Crippen MR) is 71.2 cm³/mol. The van der Waals surface area contributed by atoms with Gasteiger partial charge in [0.05, 0.1) is 19.2 Å². The van der Waals surface area contributed by atoms with Crippen molar-refractivity contribution in [1.82, 2.24) is 15.2 Å². The van der Waals surface area contributed by atoms with Crippen molar-refractivity contribution in [2.24, 2.45) is 0 Å². The van der Waals surface area contributed by atoms with E-state index in [-0.39, 0.29) is 24.1 Å². The molecule has 7 nitrogen and oxygen atoms in total. The van der Waals surface area contributed by atoms with Crippen LogP contribution in [0.15, 0.2) is 18.3 Å². The van der Waals surface area contributed by atoms with Crippen molar-refractivity contribution in [3.05, 3.63) is 29.6 Å². The van der Waals surface area contributed by atoms with Crippen molar-refractivity contribution in [1.29, 1.82) is 0 Å². The molecule has 1 aromatic rings. The van der Waals surface area contributed by atoms with E-state index in [9.17, 15) is 14.4 Å². The Labute approximate surface area is 116 Å². The van der Waals surface area contributed by atoms with E-state index in [2.05, 4.69) is 15.0 Å². The molecule has 0 spiro atoms. The van der Waals surface area contributed by atoms with Gasteiger partial charge in [-0.3, -0.25) is 9.59 Å². The van der Waals surface area contributed by atoms with Crippen LogP contribution in [0.1, 0.15) is 27.8 Å². The van der Waals surface area contributed by atoms with Crippen molar-refractivity contribution in [2.45, 2.75) is 6.92 Å². The smallest absolute Gasteiger partial charge is 0.356 e. The van der Waals surface area contributed by atoms with Crippen molar-refractivity contribution in [2.75, 3.05) is 27.2 Å². The van der Waals surface area contributed by atoms with E-state index in [1.165, 1.54) is 37.4 Å². The molecule has 0 aliphatic carbocycles. The number of esters is 1. The third-order valence-corrected chi connectivity index (χ3v) is 2.69. The number of methoxy groups -OCH3 is 1. The van der Waals surface area contributed by atoms with Gasteiger partial charge in [-0.25, -0.2) is 9.78 Å². The van der Waals surface area contributed by atoms with Gasteiger partial charge in [0, 0.05) is 19.8 Å². The molecule has 0 bridgehead atoms. The van der Waals surface area contributed by atoms with Gasteiger partial charge in [-0.2, -0.15) is 0 Å². The summed E-state index contributed by atoms with van der Waals surface area (Å²) in [6.07, 6.45) is 1.29.